The van der Waals surface area contributed by atoms with Gasteiger partial charge in [0, 0.05) is 61.2 Å². The van der Waals surface area contributed by atoms with E-state index in [2.05, 4.69) is 489 Å². The summed E-state index contributed by atoms with van der Waals surface area (Å²) in [7, 11) is 0. The van der Waals surface area contributed by atoms with Gasteiger partial charge >= 0.3 is 0 Å². The number of fused-ring (bicyclic) bond motifs is 13. The Bertz CT molecular complexity index is 9420. The molecule has 0 spiro atoms. The van der Waals surface area contributed by atoms with Crippen molar-refractivity contribution in [2.45, 2.75) is 6.92 Å². The van der Waals surface area contributed by atoms with E-state index in [-0.39, 0.29) is 61.6 Å². The summed E-state index contributed by atoms with van der Waals surface area (Å²) in [6, 6.07) is 171. The van der Waals surface area contributed by atoms with Crippen molar-refractivity contribution >= 4 is 142 Å². The molecule has 14 nitrogen and oxygen atoms in total. The Morgan fingerprint density at radius 3 is 0.951 bits per heavy atom. The van der Waals surface area contributed by atoms with Crippen LogP contribution in [0.25, 0.3) is 197 Å². The van der Waals surface area contributed by atoms with E-state index in [9.17, 15) is 26.3 Å². The summed E-state index contributed by atoms with van der Waals surface area (Å²) in [6.07, 6.45) is 1.96. The molecule has 25 rings (SSSR count). The van der Waals surface area contributed by atoms with Gasteiger partial charge in [-0.05, 0) is 237 Å². The van der Waals surface area contributed by atoms with Crippen LogP contribution in [0.5, 0.6) is 0 Å². The Hall–Kier alpha value is -20.1. The van der Waals surface area contributed by atoms with Crippen molar-refractivity contribution in [3.8, 4) is 131 Å². The minimum atomic E-state index is -0.245. The molecule has 0 fully saturated rings. The number of nitrogens with zero attached hydrogens (tertiary/aromatic N) is 14. The van der Waals surface area contributed by atoms with E-state index in [1.807, 2.05) is 23.6 Å². The number of benzene rings is 20. The average Bonchev–Trinajstić information content (AvgIpc) is 0.869. The van der Waals surface area contributed by atoms with E-state index in [0.717, 1.165) is 67.6 Å². The molecule has 0 radical (unpaired) electrons. The van der Waals surface area contributed by atoms with E-state index in [0.29, 0.717) is 5.69 Å². The second-order valence-corrected chi connectivity index (χ2v) is 36.0. The van der Waals surface area contributed by atoms with Crippen LogP contribution in [0.3, 0.4) is 0 Å². The van der Waals surface area contributed by atoms with Crippen molar-refractivity contribution in [2.75, 3.05) is 9.80 Å². The molecule has 0 atom stereocenters. The molecule has 20 aromatic carbocycles. The maximum Gasteiger partial charge on any atom is 0.177 e. The molecular weight excluding hydrogens is 1780 g/mol. The number of pyridine rings is 1. The summed E-state index contributed by atoms with van der Waals surface area (Å²) in [4.78, 5) is 35.1. The molecule has 0 saturated carbocycles. The Morgan fingerprint density at radius 2 is 0.535 bits per heavy atom. The number of nitriles is 5. The fourth-order valence-corrected chi connectivity index (χ4v) is 20.7. The third-order valence-corrected chi connectivity index (χ3v) is 27.6. The first-order valence-corrected chi connectivity index (χ1v) is 47.9. The molecule has 25 aromatic rings. The lowest BCUT2D eigenvalue weighted by atomic mass is 9.84. The number of anilines is 6. The molecule has 0 unspecified atom stereocenters. The molecule has 0 aliphatic heterocycles. The highest BCUT2D eigenvalue weighted by atomic mass is 32.1. The molecule has 144 heavy (non-hydrogen) atoms. The second kappa shape index (κ2) is 38.5. The predicted octanol–water partition coefficient (Wildman–Crippen LogP) is 32.9. The van der Waals surface area contributed by atoms with Crippen LogP contribution in [0, 0.1) is 63.6 Å². The Labute approximate surface area is 833 Å². The highest BCUT2D eigenvalue weighted by molar-refractivity contribution is 7.26. The molecular formula is C129H78N14S. The summed E-state index contributed by atoms with van der Waals surface area (Å²) >= 11 is 1.83. The topological polar surface area (TPSA) is 216 Å². The van der Waals surface area contributed by atoms with E-state index in [1.54, 1.807) is 31.2 Å². The maximum atomic E-state index is 9.31. The Morgan fingerprint density at radius 1 is 0.222 bits per heavy atom. The van der Waals surface area contributed by atoms with Crippen molar-refractivity contribution < 1.29 is 0 Å². The summed E-state index contributed by atoms with van der Waals surface area (Å²) in [5.74, 6) is 0. The van der Waals surface area contributed by atoms with Gasteiger partial charge in [-0.15, -0.1) is 11.3 Å². The molecule has 5 heterocycles. The SMILES string of the molecule is Cc1nc2c(nc1C#N)c1nc(C#N)c(C#N)nc1c1nc(C#N)c(C#N)nc21.c1ccc(-c2ccc(N(c3ccc(-c4ccccc4)cc3)c3ccc(-c4ccc(N(c5ccc(-c6ccccc6)cc5)c5ccc(-c6ccccc6)cc5-c5ccccc5)cc4)cc3)cc2)cc1.c1ccc2cc(-c3c4ccccc4c(-c4ccc5ccccc5c4)c4cc(-c5nccc6c5sc5ccccc56)ccc34)ccc2c1. The molecule has 5 aromatic heterocycles. The van der Waals surface area contributed by atoms with E-state index >= 15 is 0 Å². The summed E-state index contributed by atoms with van der Waals surface area (Å²) in [5.41, 5.74) is 27.9. The van der Waals surface area contributed by atoms with Crippen molar-refractivity contribution in [3.63, 3.8) is 0 Å². The number of rotatable bonds is 15. The van der Waals surface area contributed by atoms with Gasteiger partial charge < -0.3 is 9.80 Å². The Kier molecular flexibility index (Phi) is 23.5. The fraction of sp³-hybridized carbons (Fsp3) is 0.00775. The molecule has 0 amide bonds. The first-order chi connectivity index (χ1) is 71.1. The maximum absolute atomic E-state index is 9.31. The van der Waals surface area contributed by atoms with Gasteiger partial charge in [-0.1, -0.05) is 346 Å². The molecule has 0 bridgehead atoms. The van der Waals surface area contributed by atoms with E-state index in [1.165, 1.54) is 130 Å². The quantitative estimate of drug-likeness (QED) is 0.0689. The fourth-order valence-electron chi connectivity index (χ4n) is 19.5. The lowest BCUT2D eigenvalue weighted by Crippen LogP contribution is -2.11. The Balaban J connectivity index is 0.000000130. The van der Waals surface area contributed by atoms with Crippen LogP contribution in [0.15, 0.2) is 455 Å². The largest absolute Gasteiger partial charge is 0.311 e. The minimum Gasteiger partial charge on any atom is -0.311 e. The molecule has 670 valence electrons. The zero-order valence-corrected chi connectivity index (χ0v) is 78.3. The van der Waals surface area contributed by atoms with Crippen LogP contribution in [0.4, 0.5) is 34.1 Å². The van der Waals surface area contributed by atoms with Crippen LogP contribution in [0.2, 0.25) is 0 Å². The number of hydrogen-bond acceptors (Lipinski definition) is 15. The predicted molar refractivity (Wildman–Crippen MR) is 586 cm³/mol. The van der Waals surface area contributed by atoms with E-state index in [4.69, 9.17) is 4.98 Å². The highest BCUT2D eigenvalue weighted by Gasteiger charge is 2.27. The zero-order valence-electron chi connectivity index (χ0n) is 77.5. The van der Waals surface area contributed by atoms with Gasteiger partial charge in [0.15, 0.2) is 28.5 Å². The normalized spacial score (nSPS) is 11.1. The highest BCUT2D eigenvalue weighted by Crippen LogP contribution is 2.50. The van der Waals surface area contributed by atoms with Crippen molar-refractivity contribution in [2.24, 2.45) is 0 Å². The van der Waals surface area contributed by atoms with Crippen LogP contribution < -0.4 is 9.80 Å². The van der Waals surface area contributed by atoms with Crippen LogP contribution in [0.1, 0.15) is 34.2 Å². The summed E-state index contributed by atoms with van der Waals surface area (Å²) < 4.78 is 2.52. The van der Waals surface area contributed by atoms with Crippen LogP contribution in [-0.2, 0) is 0 Å². The number of aryl methyl sites for hydroxylation is 1. The van der Waals surface area contributed by atoms with Gasteiger partial charge in [0.25, 0.3) is 0 Å². The molecule has 15 heteroatoms. The second-order valence-electron chi connectivity index (χ2n) is 34.9. The average molecular weight is 1860 g/mol. The van der Waals surface area contributed by atoms with Crippen molar-refractivity contribution in [1.29, 1.82) is 26.3 Å². The van der Waals surface area contributed by atoms with Gasteiger partial charge in [-0.25, -0.2) is 29.9 Å². The number of hydrogen-bond donors (Lipinski definition) is 0. The van der Waals surface area contributed by atoms with Gasteiger partial charge in [0.05, 0.1) is 21.8 Å². The molecule has 0 N–H and O–H groups in total. The third kappa shape index (κ3) is 16.8. The standard InChI is InChI=1S/C66H48N2.C45H27NS.C18H3N11/c1-6-16-49(17-7-1)53-26-37-60(38-27-53)67(61-39-28-54(29-40-61)50-18-8-2-9-19-50)62-41-30-56(31-42-62)57-34-45-64(46-35-57)68(63-43-32-55(33-44-63)51-20-10-3-11-21-51)66-47-36-59(52-22-12-4-13-23-52)48-65(66)58-24-14-5-15-25-58;1-3-11-30-25-32(19-17-28(30)9-1)42-36-14-5-6-15-37(36)43(33-20-18-29-10-2-4-12-31(29)26-33)40-27-34(21-22-38(40)42)44-45-39(23-24-46-44)35-13-7-8-16-41(35)47-45;1-7-8(2-19)25-14-13(24-7)15-17(28-10(4-21)9(3-20)26-15)18-16(14)27-11(5-22)12(6-23)29-18/h1-48H;1-27H;1H3. The van der Waals surface area contributed by atoms with Gasteiger partial charge in [0.2, 0.25) is 0 Å². The zero-order chi connectivity index (χ0) is 97.1. The number of thiophene rings is 1. The first-order valence-electron chi connectivity index (χ1n) is 47.1. The van der Waals surface area contributed by atoms with Crippen molar-refractivity contribution in [3.05, 3.63) is 489 Å². The van der Waals surface area contributed by atoms with Gasteiger partial charge in [-0.3, -0.25) is 4.98 Å². The first kappa shape index (κ1) is 87.9. The smallest absolute Gasteiger partial charge is 0.177 e. The van der Waals surface area contributed by atoms with Gasteiger partial charge in [0.1, 0.15) is 63.4 Å². The van der Waals surface area contributed by atoms with Crippen LogP contribution >= 0.6 is 11.3 Å². The third-order valence-electron chi connectivity index (χ3n) is 26.4. The molecule has 0 aliphatic rings. The number of aromatic nitrogens is 7. The lowest BCUT2D eigenvalue weighted by molar-refractivity contribution is 1.13. The molecule has 0 aliphatic carbocycles. The minimum absolute atomic E-state index is 0.0323. The summed E-state index contributed by atoms with van der Waals surface area (Å²) in [5, 5.41) is 59.0. The molecule has 0 saturated heterocycles. The lowest BCUT2D eigenvalue weighted by Gasteiger charge is -2.29. The monoisotopic (exact) mass is 1850 g/mol. The summed E-state index contributed by atoms with van der Waals surface area (Å²) in [6.45, 7) is 1.58. The van der Waals surface area contributed by atoms with Crippen molar-refractivity contribution in [1.82, 2.24) is 34.9 Å². The van der Waals surface area contributed by atoms with Gasteiger partial charge in [-0.2, -0.15) is 26.3 Å². The van der Waals surface area contributed by atoms with Crippen LogP contribution in [-0.4, -0.2) is 34.9 Å². The van der Waals surface area contributed by atoms with E-state index < -0.39 is 0 Å².